The zero-order chi connectivity index (χ0) is 28.3. The SMILES string of the molecule is CCOc1cc(/C=C2\SC(=O)N(Cc3ccc4ccccc4c3)C2=O)cc(I)c1OCc1cccc2ccccc12. The first-order chi connectivity index (χ1) is 20.0. The van der Waals surface area contributed by atoms with Gasteiger partial charge in [0.15, 0.2) is 11.5 Å². The molecule has 1 aliphatic heterocycles. The molecule has 5 aromatic rings. The van der Waals surface area contributed by atoms with Crippen molar-refractivity contribution in [3.8, 4) is 11.5 Å². The quantitative estimate of drug-likeness (QED) is 0.122. The van der Waals surface area contributed by atoms with Crippen molar-refractivity contribution in [1.82, 2.24) is 4.90 Å². The maximum atomic E-state index is 13.3. The second-order valence-electron chi connectivity index (χ2n) is 9.64. The minimum absolute atomic E-state index is 0.232. The molecule has 5 nitrogen and oxygen atoms in total. The van der Waals surface area contributed by atoms with E-state index in [0.29, 0.717) is 29.6 Å². The molecule has 0 aliphatic carbocycles. The van der Waals surface area contributed by atoms with Crippen molar-refractivity contribution >= 4 is 73.1 Å². The van der Waals surface area contributed by atoms with Gasteiger partial charge in [-0.3, -0.25) is 14.5 Å². The molecule has 5 aromatic carbocycles. The summed E-state index contributed by atoms with van der Waals surface area (Å²) in [5.41, 5.74) is 2.77. The number of carbonyl (C=O) groups excluding carboxylic acids is 2. The zero-order valence-corrected chi connectivity index (χ0v) is 25.3. The summed E-state index contributed by atoms with van der Waals surface area (Å²) in [5, 5.41) is 4.24. The predicted molar refractivity (Wildman–Crippen MR) is 174 cm³/mol. The molecule has 1 saturated heterocycles. The van der Waals surface area contributed by atoms with Crippen LogP contribution in [0.1, 0.15) is 23.6 Å². The zero-order valence-electron chi connectivity index (χ0n) is 22.3. The van der Waals surface area contributed by atoms with Gasteiger partial charge in [-0.1, -0.05) is 78.9 Å². The van der Waals surface area contributed by atoms with Crippen molar-refractivity contribution in [1.29, 1.82) is 0 Å². The van der Waals surface area contributed by atoms with Crippen LogP contribution in [0, 0.1) is 3.57 Å². The van der Waals surface area contributed by atoms with Crippen molar-refractivity contribution in [2.24, 2.45) is 0 Å². The van der Waals surface area contributed by atoms with E-state index >= 15 is 0 Å². The molecule has 0 saturated carbocycles. The van der Waals surface area contributed by atoms with Gasteiger partial charge in [0.1, 0.15) is 6.61 Å². The van der Waals surface area contributed by atoms with Crippen molar-refractivity contribution in [2.45, 2.75) is 20.1 Å². The van der Waals surface area contributed by atoms with E-state index in [1.54, 1.807) is 6.08 Å². The van der Waals surface area contributed by atoms with Gasteiger partial charge in [0.25, 0.3) is 11.1 Å². The van der Waals surface area contributed by atoms with Crippen molar-refractivity contribution in [3.05, 3.63) is 122 Å². The van der Waals surface area contributed by atoms with Gasteiger partial charge in [0, 0.05) is 0 Å². The number of rotatable bonds is 8. The summed E-state index contributed by atoms with van der Waals surface area (Å²) < 4.78 is 13.1. The summed E-state index contributed by atoms with van der Waals surface area (Å²) in [6.07, 6.45) is 1.75. The third-order valence-electron chi connectivity index (χ3n) is 6.91. The van der Waals surface area contributed by atoms with Crippen LogP contribution in [0.4, 0.5) is 4.79 Å². The van der Waals surface area contributed by atoms with E-state index in [0.717, 1.165) is 48.2 Å². The Morgan fingerprint density at radius 1 is 0.829 bits per heavy atom. The molecule has 0 radical (unpaired) electrons. The largest absolute Gasteiger partial charge is 0.490 e. The van der Waals surface area contributed by atoms with Crippen LogP contribution in [-0.2, 0) is 17.9 Å². The van der Waals surface area contributed by atoms with Gasteiger partial charge < -0.3 is 9.47 Å². The highest BCUT2D eigenvalue weighted by Crippen LogP contribution is 2.38. The third kappa shape index (κ3) is 5.83. The van der Waals surface area contributed by atoms with Gasteiger partial charge in [0.2, 0.25) is 0 Å². The topological polar surface area (TPSA) is 55.8 Å². The average Bonchev–Trinajstić information content (AvgIpc) is 3.24. The van der Waals surface area contributed by atoms with Crippen LogP contribution < -0.4 is 9.47 Å². The lowest BCUT2D eigenvalue weighted by Gasteiger charge is -2.16. The monoisotopic (exact) mass is 671 g/mol. The van der Waals surface area contributed by atoms with Gasteiger partial charge in [-0.05, 0) is 104 Å². The van der Waals surface area contributed by atoms with Crippen LogP contribution in [0.25, 0.3) is 27.6 Å². The Morgan fingerprint density at radius 2 is 1.59 bits per heavy atom. The van der Waals surface area contributed by atoms with Crippen molar-refractivity contribution < 1.29 is 19.1 Å². The first-order valence-corrected chi connectivity index (χ1v) is 15.2. The number of ether oxygens (including phenoxy) is 2. The van der Waals surface area contributed by atoms with E-state index in [2.05, 4.69) is 46.9 Å². The lowest BCUT2D eigenvalue weighted by Crippen LogP contribution is -2.27. The fourth-order valence-corrected chi connectivity index (χ4v) is 6.57. The first-order valence-electron chi connectivity index (χ1n) is 13.3. The molecule has 7 heteroatoms. The minimum atomic E-state index is -0.294. The molecule has 204 valence electrons. The maximum absolute atomic E-state index is 13.3. The molecular formula is C34H26INO4S. The number of thioether (sulfide) groups is 1. The predicted octanol–water partition coefficient (Wildman–Crippen LogP) is 8.81. The number of fused-ring (bicyclic) bond motifs is 2. The minimum Gasteiger partial charge on any atom is -0.490 e. The van der Waals surface area contributed by atoms with Crippen molar-refractivity contribution in [3.63, 3.8) is 0 Å². The Balaban J connectivity index is 1.23. The highest BCUT2D eigenvalue weighted by atomic mass is 127. The van der Waals surface area contributed by atoms with Crippen LogP contribution in [-0.4, -0.2) is 22.7 Å². The van der Waals surface area contributed by atoms with E-state index in [9.17, 15) is 9.59 Å². The van der Waals surface area contributed by atoms with Crippen LogP contribution in [0.2, 0.25) is 0 Å². The van der Waals surface area contributed by atoms with E-state index in [4.69, 9.17) is 9.47 Å². The Hall–Kier alpha value is -3.82. The van der Waals surface area contributed by atoms with Gasteiger partial charge in [-0.2, -0.15) is 0 Å². The summed E-state index contributed by atoms with van der Waals surface area (Å²) in [6, 6.07) is 32.3. The van der Waals surface area contributed by atoms with E-state index in [1.807, 2.05) is 79.7 Å². The molecule has 41 heavy (non-hydrogen) atoms. The number of amides is 2. The molecule has 0 bridgehead atoms. The fourth-order valence-electron chi connectivity index (χ4n) is 4.95. The number of hydrogen-bond acceptors (Lipinski definition) is 5. The van der Waals surface area contributed by atoms with Gasteiger partial charge >= 0.3 is 0 Å². The number of carbonyl (C=O) groups is 2. The molecule has 0 N–H and O–H groups in total. The first kappa shape index (κ1) is 27.4. The molecule has 1 heterocycles. The molecule has 1 aliphatic rings. The van der Waals surface area contributed by atoms with Crippen LogP contribution >= 0.6 is 34.4 Å². The number of benzene rings is 5. The average molecular weight is 672 g/mol. The second kappa shape index (κ2) is 12.0. The number of hydrogen-bond donors (Lipinski definition) is 0. The summed E-state index contributed by atoms with van der Waals surface area (Å²) in [5.74, 6) is 0.959. The second-order valence-corrected chi connectivity index (χ2v) is 11.8. The number of imide groups is 1. The molecule has 2 amide bonds. The molecule has 6 rings (SSSR count). The van der Waals surface area contributed by atoms with Crippen molar-refractivity contribution in [2.75, 3.05) is 6.61 Å². The normalized spacial score (nSPS) is 14.4. The molecule has 0 aromatic heterocycles. The van der Waals surface area contributed by atoms with Gasteiger partial charge in [-0.25, -0.2) is 0 Å². The highest BCUT2D eigenvalue weighted by molar-refractivity contribution is 14.1. The third-order valence-corrected chi connectivity index (χ3v) is 8.62. The lowest BCUT2D eigenvalue weighted by molar-refractivity contribution is -0.123. The van der Waals surface area contributed by atoms with Crippen LogP contribution in [0.5, 0.6) is 11.5 Å². The lowest BCUT2D eigenvalue weighted by atomic mass is 10.1. The Bertz CT molecular complexity index is 1830. The smallest absolute Gasteiger partial charge is 0.293 e. The summed E-state index contributed by atoms with van der Waals surface area (Å²) >= 11 is 3.19. The van der Waals surface area contributed by atoms with E-state index < -0.39 is 0 Å². The molecule has 0 spiro atoms. The number of halogens is 1. The van der Waals surface area contributed by atoms with Gasteiger partial charge in [0.05, 0.1) is 21.6 Å². The summed E-state index contributed by atoms with van der Waals surface area (Å²) in [6.45, 7) is 3.01. The Labute approximate surface area is 256 Å². The summed E-state index contributed by atoms with van der Waals surface area (Å²) in [4.78, 5) is 27.8. The number of nitrogens with zero attached hydrogens (tertiary/aromatic N) is 1. The van der Waals surface area contributed by atoms with E-state index in [-0.39, 0.29) is 17.7 Å². The van der Waals surface area contributed by atoms with Crippen LogP contribution in [0.15, 0.2) is 102 Å². The highest BCUT2D eigenvalue weighted by Gasteiger charge is 2.35. The Kier molecular flexibility index (Phi) is 7.98. The molecule has 1 fully saturated rings. The van der Waals surface area contributed by atoms with Gasteiger partial charge in [-0.15, -0.1) is 0 Å². The molecule has 0 atom stereocenters. The maximum Gasteiger partial charge on any atom is 0.293 e. The Morgan fingerprint density at radius 3 is 2.41 bits per heavy atom. The molecule has 0 unspecified atom stereocenters. The van der Waals surface area contributed by atoms with E-state index in [1.165, 1.54) is 10.3 Å². The fraction of sp³-hybridized carbons (Fsp3) is 0.118. The molecular weight excluding hydrogens is 645 g/mol. The standard InChI is InChI=1S/C34H26INO4S/c1-2-39-30-18-23(17-29(35)32(30)40-21-27-12-7-11-25-9-5-6-13-28(25)27)19-31-33(37)36(34(38)41-31)20-22-14-15-24-8-3-4-10-26(24)16-22/h3-19H,2,20-21H2,1H3/b31-19-. The summed E-state index contributed by atoms with van der Waals surface area (Å²) in [7, 11) is 0. The van der Waals surface area contributed by atoms with Crippen LogP contribution in [0.3, 0.4) is 0 Å².